The number of amides is 1. The Morgan fingerprint density at radius 1 is 0.884 bits per heavy atom. The van der Waals surface area contributed by atoms with Crippen LogP contribution in [0.1, 0.15) is 58.3 Å². The molecule has 0 saturated carbocycles. The molecule has 0 aromatic rings. The van der Waals surface area contributed by atoms with Crippen molar-refractivity contribution in [3.63, 3.8) is 0 Å². The van der Waals surface area contributed by atoms with Crippen molar-refractivity contribution in [1.82, 2.24) is 9.96 Å². The van der Waals surface area contributed by atoms with E-state index in [1.54, 1.807) is 6.92 Å². The smallest absolute Gasteiger partial charge is 0.333 e. The van der Waals surface area contributed by atoms with Gasteiger partial charge in [0.15, 0.2) is 6.29 Å². The summed E-state index contributed by atoms with van der Waals surface area (Å²) in [5.41, 5.74) is 0.464. The van der Waals surface area contributed by atoms with Gasteiger partial charge in [0.25, 0.3) is 5.91 Å². The van der Waals surface area contributed by atoms with Crippen LogP contribution in [0.5, 0.6) is 0 Å². The van der Waals surface area contributed by atoms with E-state index in [0.29, 0.717) is 63.9 Å². The highest BCUT2D eigenvalue weighted by Crippen LogP contribution is 2.25. The lowest BCUT2D eigenvalue weighted by Gasteiger charge is -2.40. The van der Waals surface area contributed by atoms with Crippen molar-refractivity contribution in [2.75, 3.05) is 32.8 Å². The Balaban J connectivity index is 1.45. The molecule has 0 bridgehead atoms. The van der Waals surface area contributed by atoms with E-state index in [0.717, 1.165) is 5.06 Å². The number of carbonyl (C=O) groups excluding carboxylic acids is 2. The minimum atomic E-state index is -1.54. The van der Waals surface area contributed by atoms with Crippen LogP contribution in [0.4, 0.5) is 0 Å². The molecule has 43 heavy (non-hydrogen) atoms. The van der Waals surface area contributed by atoms with Crippen LogP contribution in [0, 0.1) is 0 Å². The Labute approximate surface area is 251 Å². The fourth-order valence-corrected chi connectivity index (χ4v) is 5.40. The van der Waals surface area contributed by atoms with E-state index in [-0.39, 0.29) is 25.4 Å². The van der Waals surface area contributed by atoms with E-state index >= 15 is 0 Å². The molecule has 15 nitrogen and oxygen atoms in total. The molecule has 3 aliphatic heterocycles. The highest BCUT2D eigenvalue weighted by Gasteiger charge is 2.44. The molecule has 15 heteroatoms. The number of aliphatic hydroxyl groups excluding tert-OH is 7. The van der Waals surface area contributed by atoms with E-state index in [4.69, 9.17) is 19.0 Å². The molecule has 3 aliphatic rings. The molecular formula is C28H48N2O13. The molecule has 1 amide bonds. The monoisotopic (exact) mass is 620 g/mol. The summed E-state index contributed by atoms with van der Waals surface area (Å²) in [7, 11) is 0. The molecule has 0 spiro atoms. The zero-order valence-corrected chi connectivity index (χ0v) is 24.6. The maximum atomic E-state index is 12.1. The van der Waals surface area contributed by atoms with Crippen LogP contribution in [0.3, 0.4) is 0 Å². The fraction of sp³-hybridized carbons (Fsp3) is 0.857. The van der Waals surface area contributed by atoms with Crippen molar-refractivity contribution < 1.29 is 64.4 Å². The first-order chi connectivity index (χ1) is 20.4. The van der Waals surface area contributed by atoms with Crippen molar-refractivity contribution in [1.29, 1.82) is 0 Å². The first-order valence-electron chi connectivity index (χ1n) is 15.0. The Morgan fingerprint density at radius 3 is 2.23 bits per heavy atom. The van der Waals surface area contributed by atoms with E-state index in [1.807, 2.05) is 0 Å². The van der Waals surface area contributed by atoms with Gasteiger partial charge >= 0.3 is 5.97 Å². The molecule has 3 rings (SSSR count). The number of unbranched alkanes of at least 4 members (excludes halogenated alkanes) is 2. The Bertz CT molecular complexity index is 892. The van der Waals surface area contributed by atoms with Gasteiger partial charge < -0.3 is 59.7 Å². The summed E-state index contributed by atoms with van der Waals surface area (Å²) in [6, 6.07) is 0. The normalized spacial score (nSPS) is 35.1. The summed E-state index contributed by atoms with van der Waals surface area (Å²) in [6.07, 6.45) is -7.99. The molecule has 0 unspecified atom stereocenters. The van der Waals surface area contributed by atoms with Gasteiger partial charge in [-0.15, -0.1) is 5.06 Å². The third-order valence-corrected chi connectivity index (χ3v) is 8.14. The van der Waals surface area contributed by atoms with Gasteiger partial charge in [-0.3, -0.25) is 4.79 Å². The summed E-state index contributed by atoms with van der Waals surface area (Å²) in [6.45, 7) is 6.44. The SMILES string of the molecule is C=C1CCC(=O)N1OC(=O)CCCCCN(CCC[C@@H]1O[C@@H](C)[C@@H](O)[C@@H](O)[C@@H]1O)CCO[C@H]1O[C@H](CO)[C@@H](O)[C@H](O)[C@@H]1O. The molecule has 3 saturated heterocycles. The molecule has 10 atom stereocenters. The van der Waals surface area contributed by atoms with Crippen LogP contribution in [-0.4, -0.2) is 152 Å². The van der Waals surface area contributed by atoms with Gasteiger partial charge in [-0.2, -0.15) is 0 Å². The number of nitrogens with zero attached hydrogens (tertiary/aromatic N) is 2. The number of aliphatic hydroxyl groups is 7. The maximum Gasteiger partial charge on any atom is 0.333 e. The standard InChI is InChI=1S/C28H48N2O13/c1-16-9-10-20(32)30(16)43-21(33)8-4-3-5-11-29(12-6-7-18-23(35)25(37)22(34)17(2)41-18)13-14-40-28-27(39)26(38)24(36)19(15-31)42-28/h17-19,22-28,31,34-39H,1,3-15H2,2H3/t17-,18-,19+,22+,23+,24+,25+,26-,27-,28-/m0/s1. The largest absolute Gasteiger partial charge is 0.394 e. The third-order valence-electron chi connectivity index (χ3n) is 8.14. The minimum Gasteiger partial charge on any atom is -0.394 e. The number of hydrogen-bond donors (Lipinski definition) is 7. The fourth-order valence-electron chi connectivity index (χ4n) is 5.40. The molecule has 0 radical (unpaired) electrons. The first kappa shape index (κ1) is 35.7. The van der Waals surface area contributed by atoms with Gasteiger partial charge in [-0.05, 0) is 52.1 Å². The Kier molecular flexibility index (Phi) is 14.2. The molecule has 3 fully saturated rings. The highest BCUT2D eigenvalue weighted by atomic mass is 16.7. The summed E-state index contributed by atoms with van der Waals surface area (Å²) in [5, 5.41) is 70.9. The second-order valence-corrected chi connectivity index (χ2v) is 11.4. The number of carbonyl (C=O) groups is 2. The average molecular weight is 621 g/mol. The van der Waals surface area contributed by atoms with Crippen LogP contribution < -0.4 is 0 Å². The van der Waals surface area contributed by atoms with E-state index in [9.17, 15) is 45.3 Å². The average Bonchev–Trinajstić information content (AvgIpc) is 3.30. The number of hydrogen-bond acceptors (Lipinski definition) is 14. The van der Waals surface area contributed by atoms with Gasteiger partial charge in [0.05, 0.1) is 31.1 Å². The first-order valence-corrected chi connectivity index (χ1v) is 15.0. The maximum absolute atomic E-state index is 12.1. The summed E-state index contributed by atoms with van der Waals surface area (Å²) in [5.74, 6) is -0.792. The van der Waals surface area contributed by atoms with Gasteiger partial charge in [0, 0.05) is 19.4 Å². The van der Waals surface area contributed by atoms with Gasteiger partial charge in [-0.25, -0.2) is 4.79 Å². The molecule has 0 aliphatic carbocycles. The predicted octanol–water partition coefficient (Wildman–Crippen LogP) is -2.09. The number of allylic oxidation sites excluding steroid dienone is 1. The van der Waals surface area contributed by atoms with Crippen LogP contribution >= 0.6 is 0 Å². The van der Waals surface area contributed by atoms with Crippen molar-refractivity contribution in [3.05, 3.63) is 12.3 Å². The van der Waals surface area contributed by atoms with Crippen LogP contribution in [0.2, 0.25) is 0 Å². The van der Waals surface area contributed by atoms with Gasteiger partial charge in [-0.1, -0.05) is 13.0 Å². The Morgan fingerprint density at radius 2 is 1.56 bits per heavy atom. The molecule has 7 N–H and O–H groups in total. The van der Waals surface area contributed by atoms with Crippen molar-refractivity contribution in [3.8, 4) is 0 Å². The number of rotatable bonds is 16. The zero-order chi connectivity index (χ0) is 31.7. The van der Waals surface area contributed by atoms with Gasteiger partial charge in [0.2, 0.25) is 0 Å². The van der Waals surface area contributed by atoms with E-state index < -0.39 is 73.8 Å². The quantitative estimate of drug-likeness (QED) is 0.0921. The molecule has 3 heterocycles. The number of hydroxylamine groups is 2. The molecule has 0 aromatic carbocycles. The second-order valence-electron chi connectivity index (χ2n) is 11.4. The number of ether oxygens (including phenoxy) is 3. The Hall–Kier alpha value is -1.76. The lowest BCUT2D eigenvalue weighted by atomic mass is 9.93. The third kappa shape index (κ3) is 9.86. The predicted molar refractivity (Wildman–Crippen MR) is 148 cm³/mol. The van der Waals surface area contributed by atoms with E-state index in [1.165, 1.54) is 0 Å². The van der Waals surface area contributed by atoms with Crippen LogP contribution in [0.15, 0.2) is 12.3 Å². The highest BCUT2D eigenvalue weighted by molar-refractivity contribution is 5.82. The topological polar surface area (TPSA) is 219 Å². The minimum absolute atomic E-state index is 0.0905. The lowest BCUT2D eigenvalue weighted by molar-refractivity contribution is -0.301. The van der Waals surface area contributed by atoms with Gasteiger partial charge in [0.1, 0.15) is 42.7 Å². The summed E-state index contributed by atoms with van der Waals surface area (Å²) in [4.78, 5) is 31.1. The van der Waals surface area contributed by atoms with Crippen molar-refractivity contribution in [2.24, 2.45) is 0 Å². The summed E-state index contributed by atoms with van der Waals surface area (Å²) >= 11 is 0. The molecular weight excluding hydrogens is 572 g/mol. The molecule has 248 valence electrons. The van der Waals surface area contributed by atoms with Crippen molar-refractivity contribution >= 4 is 11.9 Å². The summed E-state index contributed by atoms with van der Waals surface area (Å²) < 4.78 is 16.7. The molecule has 0 aromatic heterocycles. The van der Waals surface area contributed by atoms with Crippen molar-refractivity contribution in [2.45, 2.75) is 120 Å². The second kappa shape index (κ2) is 17.1. The zero-order valence-electron chi connectivity index (χ0n) is 24.6. The van der Waals surface area contributed by atoms with E-state index in [2.05, 4.69) is 11.5 Å². The van der Waals surface area contributed by atoms with Crippen LogP contribution in [0.25, 0.3) is 0 Å². The lowest BCUT2D eigenvalue weighted by Crippen LogP contribution is -2.59. The van der Waals surface area contributed by atoms with Crippen LogP contribution in [-0.2, 0) is 28.6 Å².